The summed E-state index contributed by atoms with van der Waals surface area (Å²) in [6, 6.07) is 0.219. The number of carbonyl (C=O) groups excluding carboxylic acids is 1. The van der Waals surface area contributed by atoms with Crippen LogP contribution in [0.15, 0.2) is 0 Å². The predicted octanol–water partition coefficient (Wildman–Crippen LogP) is 1.73. The van der Waals surface area contributed by atoms with Crippen molar-refractivity contribution < 1.29 is 14.3 Å². The Hall–Kier alpha value is -0.610. The van der Waals surface area contributed by atoms with Crippen molar-refractivity contribution in [2.24, 2.45) is 5.92 Å². The number of methoxy groups -OCH3 is 2. The van der Waals surface area contributed by atoms with Crippen LogP contribution >= 0.6 is 0 Å². The number of carbonyl (C=O) groups is 1. The molecule has 0 spiro atoms. The number of esters is 1. The maximum absolute atomic E-state index is 11.6. The van der Waals surface area contributed by atoms with E-state index in [0.717, 1.165) is 25.7 Å². The molecule has 0 amide bonds. The molecule has 0 radical (unpaired) electrons. The quantitative estimate of drug-likeness (QED) is 0.747. The molecule has 0 saturated heterocycles. The fraction of sp³-hybridized carbons (Fsp3) is 0.923. The largest absolute Gasteiger partial charge is 0.468 e. The number of nitrogens with one attached hydrogen (secondary N) is 1. The van der Waals surface area contributed by atoms with Crippen molar-refractivity contribution in [3.05, 3.63) is 0 Å². The summed E-state index contributed by atoms with van der Waals surface area (Å²) in [6.45, 7) is 4.07. The highest BCUT2D eigenvalue weighted by Gasteiger charge is 2.28. The molecule has 0 aromatic carbocycles. The molecular weight excluding hydrogens is 218 g/mol. The lowest BCUT2D eigenvalue weighted by molar-refractivity contribution is -0.144. The molecule has 1 atom stereocenters. The standard InChI is InChI=1S/C13H25NO3/c1-9(2)12(13(15)17-4)14-10-5-7-11(16-3)8-6-10/h9-12,14H,5-8H2,1-4H3. The van der Waals surface area contributed by atoms with E-state index in [2.05, 4.69) is 5.32 Å². The number of ether oxygens (including phenoxy) is 2. The SMILES string of the molecule is COC(=O)C(NC1CCC(OC)CC1)C(C)C. The van der Waals surface area contributed by atoms with Gasteiger partial charge in [0.05, 0.1) is 13.2 Å². The van der Waals surface area contributed by atoms with Crippen LogP contribution in [0.1, 0.15) is 39.5 Å². The van der Waals surface area contributed by atoms with Gasteiger partial charge in [-0.25, -0.2) is 0 Å². The molecule has 1 unspecified atom stereocenters. The van der Waals surface area contributed by atoms with E-state index in [1.54, 1.807) is 7.11 Å². The average molecular weight is 243 g/mol. The van der Waals surface area contributed by atoms with Crippen molar-refractivity contribution in [3.8, 4) is 0 Å². The zero-order valence-corrected chi connectivity index (χ0v) is 11.4. The van der Waals surface area contributed by atoms with E-state index >= 15 is 0 Å². The first-order valence-electron chi connectivity index (χ1n) is 6.45. The van der Waals surface area contributed by atoms with Crippen LogP contribution in [-0.4, -0.2) is 38.4 Å². The lowest BCUT2D eigenvalue weighted by atomic mass is 9.91. The summed E-state index contributed by atoms with van der Waals surface area (Å²) < 4.78 is 10.2. The van der Waals surface area contributed by atoms with Gasteiger partial charge in [-0.3, -0.25) is 4.79 Å². The molecule has 0 aromatic heterocycles. The second kappa shape index (κ2) is 6.97. The molecule has 0 bridgehead atoms. The van der Waals surface area contributed by atoms with Gasteiger partial charge < -0.3 is 14.8 Å². The first-order valence-corrected chi connectivity index (χ1v) is 6.45. The predicted molar refractivity (Wildman–Crippen MR) is 66.8 cm³/mol. The number of rotatable bonds is 5. The number of hydrogen-bond acceptors (Lipinski definition) is 4. The van der Waals surface area contributed by atoms with Crippen molar-refractivity contribution in [1.29, 1.82) is 0 Å². The third-order valence-electron chi connectivity index (χ3n) is 3.54. The highest BCUT2D eigenvalue weighted by molar-refractivity contribution is 5.75. The molecule has 0 heterocycles. The summed E-state index contributed by atoms with van der Waals surface area (Å²) in [5.74, 6) is 0.0939. The topological polar surface area (TPSA) is 47.6 Å². The van der Waals surface area contributed by atoms with Crippen LogP contribution in [0.5, 0.6) is 0 Å². The fourth-order valence-corrected chi connectivity index (χ4v) is 2.38. The summed E-state index contributed by atoms with van der Waals surface area (Å²) >= 11 is 0. The second-order valence-corrected chi connectivity index (χ2v) is 5.12. The molecule has 1 saturated carbocycles. The molecule has 1 rings (SSSR count). The van der Waals surface area contributed by atoms with Gasteiger partial charge in [-0.2, -0.15) is 0 Å². The third kappa shape index (κ3) is 4.28. The Morgan fingerprint density at radius 2 is 1.76 bits per heavy atom. The van der Waals surface area contributed by atoms with Crippen LogP contribution in [0.2, 0.25) is 0 Å². The van der Waals surface area contributed by atoms with Gasteiger partial charge in [0.15, 0.2) is 0 Å². The molecule has 0 aliphatic heterocycles. The normalized spacial score (nSPS) is 26.9. The lowest BCUT2D eigenvalue weighted by Gasteiger charge is -2.32. The van der Waals surface area contributed by atoms with E-state index in [1.165, 1.54) is 7.11 Å². The number of hydrogen-bond donors (Lipinski definition) is 1. The van der Waals surface area contributed by atoms with E-state index in [0.29, 0.717) is 12.1 Å². The molecule has 0 aromatic rings. The van der Waals surface area contributed by atoms with Crippen molar-refractivity contribution in [2.75, 3.05) is 14.2 Å². The molecule has 4 nitrogen and oxygen atoms in total. The minimum absolute atomic E-state index is 0.158. The minimum Gasteiger partial charge on any atom is -0.468 e. The van der Waals surface area contributed by atoms with Gasteiger partial charge >= 0.3 is 5.97 Å². The van der Waals surface area contributed by atoms with Gasteiger partial charge in [0.25, 0.3) is 0 Å². The highest BCUT2D eigenvalue weighted by Crippen LogP contribution is 2.21. The van der Waals surface area contributed by atoms with E-state index in [9.17, 15) is 4.79 Å². The van der Waals surface area contributed by atoms with Crippen LogP contribution in [0, 0.1) is 5.92 Å². The minimum atomic E-state index is -0.191. The monoisotopic (exact) mass is 243 g/mol. The maximum Gasteiger partial charge on any atom is 0.323 e. The van der Waals surface area contributed by atoms with E-state index in [1.807, 2.05) is 13.8 Å². The summed E-state index contributed by atoms with van der Waals surface area (Å²) in [4.78, 5) is 11.6. The zero-order chi connectivity index (χ0) is 12.8. The van der Waals surface area contributed by atoms with Crippen molar-refractivity contribution in [1.82, 2.24) is 5.32 Å². The van der Waals surface area contributed by atoms with Gasteiger partial charge in [0.1, 0.15) is 6.04 Å². The maximum atomic E-state index is 11.6. The van der Waals surface area contributed by atoms with Gasteiger partial charge in [0.2, 0.25) is 0 Å². The fourth-order valence-electron chi connectivity index (χ4n) is 2.38. The lowest BCUT2D eigenvalue weighted by Crippen LogP contribution is -2.48. The summed E-state index contributed by atoms with van der Waals surface area (Å²) in [6.07, 6.45) is 4.67. The Kier molecular flexibility index (Phi) is 5.92. The van der Waals surface area contributed by atoms with Crippen LogP contribution in [0.3, 0.4) is 0 Å². The van der Waals surface area contributed by atoms with Crippen LogP contribution in [0.4, 0.5) is 0 Å². The molecular formula is C13H25NO3. The summed E-state index contributed by atoms with van der Waals surface area (Å²) in [5, 5.41) is 3.42. The highest BCUT2D eigenvalue weighted by atomic mass is 16.5. The van der Waals surface area contributed by atoms with E-state index in [4.69, 9.17) is 9.47 Å². The molecule has 1 aliphatic rings. The summed E-state index contributed by atoms with van der Waals surface area (Å²) in [5.41, 5.74) is 0. The van der Waals surface area contributed by atoms with Gasteiger partial charge in [-0.15, -0.1) is 0 Å². The molecule has 1 N–H and O–H groups in total. The molecule has 100 valence electrons. The first kappa shape index (κ1) is 14.5. The Bertz CT molecular complexity index is 235. The first-order chi connectivity index (χ1) is 8.08. The second-order valence-electron chi connectivity index (χ2n) is 5.12. The van der Waals surface area contributed by atoms with Crippen LogP contribution in [-0.2, 0) is 14.3 Å². The van der Waals surface area contributed by atoms with Crippen LogP contribution in [0.25, 0.3) is 0 Å². The summed E-state index contributed by atoms with van der Waals surface area (Å²) in [7, 11) is 3.21. The van der Waals surface area contributed by atoms with Gasteiger partial charge in [0, 0.05) is 13.2 Å². The molecule has 17 heavy (non-hydrogen) atoms. The smallest absolute Gasteiger partial charge is 0.323 e. The van der Waals surface area contributed by atoms with Crippen molar-refractivity contribution in [2.45, 2.75) is 57.7 Å². The Morgan fingerprint density at radius 1 is 1.18 bits per heavy atom. The van der Waals surface area contributed by atoms with E-state index < -0.39 is 0 Å². The molecule has 1 fully saturated rings. The van der Waals surface area contributed by atoms with Crippen LogP contribution < -0.4 is 5.32 Å². The molecule has 1 aliphatic carbocycles. The molecule has 4 heteroatoms. The van der Waals surface area contributed by atoms with E-state index in [-0.39, 0.29) is 17.9 Å². The average Bonchev–Trinajstić information content (AvgIpc) is 2.35. The zero-order valence-electron chi connectivity index (χ0n) is 11.4. The Morgan fingerprint density at radius 3 is 2.18 bits per heavy atom. The van der Waals surface area contributed by atoms with Crippen molar-refractivity contribution >= 4 is 5.97 Å². The Balaban J connectivity index is 2.43. The van der Waals surface area contributed by atoms with Crippen molar-refractivity contribution in [3.63, 3.8) is 0 Å². The third-order valence-corrected chi connectivity index (χ3v) is 3.54. The Labute approximate surface area is 104 Å². The van der Waals surface area contributed by atoms with Gasteiger partial charge in [-0.1, -0.05) is 13.8 Å². The van der Waals surface area contributed by atoms with Gasteiger partial charge in [-0.05, 0) is 31.6 Å².